The van der Waals surface area contributed by atoms with E-state index in [1.807, 2.05) is 35.0 Å². The topological polar surface area (TPSA) is 41.3 Å². The first-order chi connectivity index (χ1) is 10.7. The number of imidazole rings is 1. The second kappa shape index (κ2) is 6.63. The third-order valence-corrected chi connectivity index (χ3v) is 4.89. The van der Waals surface area contributed by atoms with Gasteiger partial charge < -0.3 is 14.6 Å². The van der Waals surface area contributed by atoms with E-state index < -0.39 is 0 Å². The Hall–Kier alpha value is -1.65. The van der Waals surface area contributed by atoms with Crippen molar-refractivity contribution in [3.8, 4) is 5.69 Å². The van der Waals surface area contributed by atoms with Crippen LogP contribution in [-0.4, -0.2) is 39.7 Å². The minimum absolute atomic E-state index is 0.322. The van der Waals surface area contributed by atoms with Crippen LogP contribution in [0.5, 0.6) is 0 Å². The molecule has 1 aromatic carbocycles. The summed E-state index contributed by atoms with van der Waals surface area (Å²) in [4.78, 5) is 6.34. The maximum absolute atomic E-state index is 10.8. The van der Waals surface area contributed by atoms with Gasteiger partial charge in [0.1, 0.15) is 0 Å². The van der Waals surface area contributed by atoms with Crippen molar-refractivity contribution in [3.05, 3.63) is 48.5 Å². The molecule has 1 aliphatic rings. The Kier molecular flexibility index (Phi) is 4.60. The smallest absolute Gasteiger partial charge is 0.0991 e. The molecule has 1 aliphatic carbocycles. The van der Waals surface area contributed by atoms with Gasteiger partial charge in [0, 0.05) is 30.0 Å². The van der Waals surface area contributed by atoms with Gasteiger partial charge in [-0.25, -0.2) is 4.98 Å². The van der Waals surface area contributed by atoms with E-state index in [4.69, 9.17) is 0 Å². The second-order valence-electron chi connectivity index (χ2n) is 6.49. The van der Waals surface area contributed by atoms with Gasteiger partial charge in [0.05, 0.1) is 12.4 Å². The molecular formula is C18H25N3O. The largest absolute Gasteiger partial charge is 0.388 e. The number of hydrogen-bond donors (Lipinski definition) is 1. The Morgan fingerprint density at radius 1 is 1.18 bits per heavy atom. The van der Waals surface area contributed by atoms with Crippen LogP contribution in [0.3, 0.4) is 0 Å². The highest BCUT2D eigenvalue weighted by Gasteiger charge is 2.32. The van der Waals surface area contributed by atoms with Crippen LogP contribution in [-0.2, 0) is 0 Å². The molecule has 0 spiro atoms. The number of aliphatic hydroxyl groups is 1. The van der Waals surface area contributed by atoms with Gasteiger partial charge in [0.2, 0.25) is 0 Å². The fraction of sp³-hybridized carbons (Fsp3) is 0.500. The lowest BCUT2D eigenvalue weighted by molar-refractivity contribution is 0.0287. The van der Waals surface area contributed by atoms with E-state index in [-0.39, 0.29) is 6.10 Å². The van der Waals surface area contributed by atoms with Crippen molar-refractivity contribution in [2.24, 2.45) is 5.92 Å². The van der Waals surface area contributed by atoms with Gasteiger partial charge in [-0.05, 0) is 44.6 Å². The first-order valence-corrected chi connectivity index (χ1v) is 8.09. The van der Waals surface area contributed by atoms with Gasteiger partial charge in [-0.3, -0.25) is 0 Å². The van der Waals surface area contributed by atoms with Crippen LogP contribution in [0.2, 0.25) is 0 Å². The van der Waals surface area contributed by atoms with Crippen LogP contribution < -0.4 is 0 Å². The van der Waals surface area contributed by atoms with Crippen molar-refractivity contribution in [3.63, 3.8) is 0 Å². The molecule has 0 aliphatic heterocycles. The standard InChI is InChI=1S/C18H25N3O/c1-20(2)17-6-4-3-5-16(17)18(22)14-7-9-15(10-8-14)21-12-11-19-13-21/h7-13,16-18,22H,3-6H2,1-2H3. The van der Waals surface area contributed by atoms with Crippen molar-refractivity contribution in [1.29, 1.82) is 0 Å². The van der Waals surface area contributed by atoms with E-state index in [0.29, 0.717) is 12.0 Å². The van der Waals surface area contributed by atoms with E-state index in [0.717, 1.165) is 17.7 Å². The van der Waals surface area contributed by atoms with Gasteiger partial charge in [-0.15, -0.1) is 0 Å². The molecule has 1 fully saturated rings. The Morgan fingerprint density at radius 3 is 2.55 bits per heavy atom. The quantitative estimate of drug-likeness (QED) is 0.943. The molecule has 2 aromatic rings. The maximum atomic E-state index is 10.8. The van der Waals surface area contributed by atoms with Gasteiger partial charge in [-0.2, -0.15) is 0 Å². The molecule has 3 unspecified atom stereocenters. The molecular weight excluding hydrogens is 274 g/mol. The summed E-state index contributed by atoms with van der Waals surface area (Å²) >= 11 is 0. The summed E-state index contributed by atoms with van der Waals surface area (Å²) in [6.45, 7) is 0. The lowest BCUT2D eigenvalue weighted by Gasteiger charge is -2.39. The molecule has 0 amide bonds. The number of aliphatic hydroxyl groups excluding tert-OH is 1. The fourth-order valence-corrected chi connectivity index (χ4v) is 3.65. The van der Waals surface area contributed by atoms with Crippen molar-refractivity contribution >= 4 is 0 Å². The summed E-state index contributed by atoms with van der Waals surface area (Å²) in [5, 5.41) is 10.8. The highest BCUT2D eigenvalue weighted by Crippen LogP contribution is 2.36. The molecule has 1 saturated carbocycles. The summed E-state index contributed by atoms with van der Waals surface area (Å²) < 4.78 is 1.97. The summed E-state index contributed by atoms with van der Waals surface area (Å²) in [5.41, 5.74) is 2.09. The average molecular weight is 299 g/mol. The molecule has 118 valence electrons. The van der Waals surface area contributed by atoms with Gasteiger partial charge >= 0.3 is 0 Å². The first kappa shape index (κ1) is 15.3. The van der Waals surface area contributed by atoms with Gasteiger partial charge in [-0.1, -0.05) is 25.0 Å². The normalized spacial score (nSPS) is 23.6. The molecule has 22 heavy (non-hydrogen) atoms. The van der Waals surface area contributed by atoms with Crippen molar-refractivity contribution in [2.75, 3.05) is 14.1 Å². The highest BCUT2D eigenvalue weighted by molar-refractivity contribution is 5.35. The van der Waals surface area contributed by atoms with Crippen molar-refractivity contribution in [1.82, 2.24) is 14.5 Å². The number of hydrogen-bond acceptors (Lipinski definition) is 3. The number of rotatable bonds is 4. The zero-order chi connectivity index (χ0) is 15.5. The Balaban J connectivity index is 1.77. The van der Waals surface area contributed by atoms with Crippen LogP contribution in [0.1, 0.15) is 37.4 Å². The van der Waals surface area contributed by atoms with Gasteiger partial charge in [0.25, 0.3) is 0 Å². The Labute approximate surface area is 132 Å². The van der Waals surface area contributed by atoms with Crippen LogP contribution >= 0.6 is 0 Å². The Morgan fingerprint density at radius 2 is 1.91 bits per heavy atom. The molecule has 0 saturated heterocycles. The molecule has 1 aromatic heterocycles. The fourth-order valence-electron chi connectivity index (χ4n) is 3.65. The van der Waals surface area contributed by atoms with E-state index in [2.05, 4.69) is 24.0 Å². The molecule has 3 atom stereocenters. The SMILES string of the molecule is CN(C)C1CCCCC1C(O)c1ccc(-n2ccnc2)cc1. The van der Waals surface area contributed by atoms with Crippen molar-refractivity contribution in [2.45, 2.75) is 37.8 Å². The summed E-state index contributed by atoms with van der Waals surface area (Å²) in [6, 6.07) is 8.65. The third-order valence-electron chi connectivity index (χ3n) is 4.89. The summed E-state index contributed by atoms with van der Waals surface area (Å²) in [5.74, 6) is 0.322. The monoisotopic (exact) mass is 299 g/mol. The second-order valence-corrected chi connectivity index (χ2v) is 6.49. The van der Waals surface area contributed by atoms with Crippen LogP contribution in [0.15, 0.2) is 43.0 Å². The molecule has 1 heterocycles. The lowest BCUT2D eigenvalue weighted by atomic mass is 9.78. The Bertz CT molecular complexity index is 577. The summed E-state index contributed by atoms with van der Waals surface area (Å²) in [6.07, 6.45) is 9.87. The highest BCUT2D eigenvalue weighted by atomic mass is 16.3. The molecule has 4 heteroatoms. The molecule has 4 nitrogen and oxygen atoms in total. The van der Waals surface area contributed by atoms with Crippen LogP contribution in [0.4, 0.5) is 0 Å². The molecule has 3 rings (SSSR count). The van der Waals surface area contributed by atoms with Crippen LogP contribution in [0, 0.1) is 5.92 Å². The zero-order valence-corrected chi connectivity index (χ0v) is 13.4. The van der Waals surface area contributed by atoms with E-state index >= 15 is 0 Å². The van der Waals surface area contributed by atoms with Gasteiger partial charge in [0.15, 0.2) is 0 Å². The molecule has 0 radical (unpaired) electrons. The minimum atomic E-state index is -0.385. The van der Waals surface area contributed by atoms with Crippen molar-refractivity contribution < 1.29 is 5.11 Å². The van der Waals surface area contributed by atoms with Crippen LogP contribution in [0.25, 0.3) is 5.69 Å². The maximum Gasteiger partial charge on any atom is 0.0991 e. The molecule has 1 N–H and O–H groups in total. The zero-order valence-electron chi connectivity index (χ0n) is 13.4. The summed E-state index contributed by atoms with van der Waals surface area (Å²) in [7, 11) is 4.25. The number of benzene rings is 1. The average Bonchev–Trinajstić information content (AvgIpc) is 3.09. The first-order valence-electron chi connectivity index (χ1n) is 8.09. The van der Waals surface area contributed by atoms with E-state index in [1.54, 1.807) is 12.5 Å². The lowest BCUT2D eigenvalue weighted by Crippen LogP contribution is -2.40. The molecule has 0 bridgehead atoms. The number of nitrogens with zero attached hydrogens (tertiary/aromatic N) is 3. The third kappa shape index (κ3) is 3.08. The van der Waals surface area contributed by atoms with E-state index in [9.17, 15) is 5.11 Å². The minimum Gasteiger partial charge on any atom is -0.388 e. The predicted molar refractivity (Wildman–Crippen MR) is 88.0 cm³/mol. The predicted octanol–water partition coefficient (Wildman–Crippen LogP) is 3.03. The number of aromatic nitrogens is 2. The van der Waals surface area contributed by atoms with E-state index in [1.165, 1.54) is 19.3 Å².